The van der Waals surface area contributed by atoms with Gasteiger partial charge in [0.25, 0.3) is 0 Å². The van der Waals surface area contributed by atoms with Gasteiger partial charge in [0, 0.05) is 20.2 Å². The zero-order chi connectivity index (χ0) is 18.4. The van der Waals surface area contributed by atoms with E-state index in [0.717, 1.165) is 0 Å². The van der Waals surface area contributed by atoms with E-state index in [1.54, 1.807) is 0 Å². The van der Waals surface area contributed by atoms with Crippen LogP contribution >= 0.6 is 34.0 Å². The molecule has 2 aromatic carbocycles. The molecule has 0 spiro atoms. The van der Waals surface area contributed by atoms with Gasteiger partial charge in [-0.1, -0.05) is 56.9 Å². The smallest absolute Gasteiger partial charge is 0.0642 e. The summed E-state index contributed by atoms with van der Waals surface area (Å²) in [7, 11) is 0. The maximum atomic E-state index is 2.45. The summed E-state index contributed by atoms with van der Waals surface area (Å²) in [6.07, 6.45) is 8.01. The standard InChI is InChI=1S/C24H24S3/c1-3-4-5-6-7-8-16-10-12-18-20(14-16)26-24-22(18)27-21-17-11-9-15(2)13-19(17)25-23(21)24/h9-14H,3-8H2,1-2H3. The number of aryl methyl sites for hydroxylation is 2. The molecule has 3 aromatic heterocycles. The van der Waals surface area contributed by atoms with Crippen LogP contribution in [-0.2, 0) is 6.42 Å². The highest BCUT2D eigenvalue weighted by Crippen LogP contribution is 2.50. The van der Waals surface area contributed by atoms with Crippen LogP contribution in [0.25, 0.3) is 39.0 Å². The third-order valence-corrected chi connectivity index (χ3v) is 9.47. The van der Waals surface area contributed by atoms with E-state index in [1.165, 1.54) is 88.6 Å². The number of unbranched alkanes of at least 4 members (excludes halogenated alkanes) is 4. The van der Waals surface area contributed by atoms with Gasteiger partial charge in [0.05, 0.1) is 18.8 Å². The molecule has 5 rings (SSSR count). The summed E-state index contributed by atoms with van der Waals surface area (Å²) in [4.78, 5) is 0. The summed E-state index contributed by atoms with van der Waals surface area (Å²) < 4.78 is 8.88. The van der Waals surface area contributed by atoms with Gasteiger partial charge in [-0.3, -0.25) is 0 Å². The van der Waals surface area contributed by atoms with E-state index in [-0.39, 0.29) is 0 Å². The van der Waals surface area contributed by atoms with E-state index >= 15 is 0 Å². The fraction of sp³-hybridized carbons (Fsp3) is 0.333. The Kier molecular flexibility index (Phi) is 4.71. The predicted octanol–water partition coefficient (Wildman–Crippen LogP) is 9.31. The van der Waals surface area contributed by atoms with Crippen LogP contribution < -0.4 is 0 Å². The molecule has 5 aromatic rings. The number of thiophene rings is 3. The Labute approximate surface area is 172 Å². The van der Waals surface area contributed by atoms with Gasteiger partial charge in [0.1, 0.15) is 0 Å². The van der Waals surface area contributed by atoms with Crippen molar-refractivity contribution in [3.05, 3.63) is 47.5 Å². The highest BCUT2D eigenvalue weighted by Gasteiger charge is 2.16. The fourth-order valence-corrected chi connectivity index (χ4v) is 8.42. The van der Waals surface area contributed by atoms with Gasteiger partial charge in [-0.05, 0) is 43.0 Å². The molecule has 0 nitrogen and oxygen atoms in total. The number of fused-ring (bicyclic) bond motifs is 7. The number of benzene rings is 2. The molecule has 0 amide bonds. The molecule has 3 heterocycles. The van der Waals surface area contributed by atoms with Crippen LogP contribution in [0.4, 0.5) is 0 Å². The number of hydrogen-bond acceptors (Lipinski definition) is 3. The van der Waals surface area contributed by atoms with Crippen molar-refractivity contribution >= 4 is 73.0 Å². The summed E-state index contributed by atoms with van der Waals surface area (Å²) in [5.41, 5.74) is 2.86. The van der Waals surface area contributed by atoms with Crippen molar-refractivity contribution in [1.82, 2.24) is 0 Å². The third-order valence-electron chi connectivity index (χ3n) is 5.49. The van der Waals surface area contributed by atoms with Crippen molar-refractivity contribution in [2.75, 3.05) is 0 Å². The molecular weight excluding hydrogens is 384 g/mol. The van der Waals surface area contributed by atoms with E-state index in [2.05, 4.69) is 50.2 Å². The Hall–Kier alpha value is -1.42. The van der Waals surface area contributed by atoms with Crippen molar-refractivity contribution < 1.29 is 0 Å². The van der Waals surface area contributed by atoms with Crippen molar-refractivity contribution in [2.45, 2.75) is 52.4 Å². The molecule has 27 heavy (non-hydrogen) atoms. The second-order valence-electron chi connectivity index (χ2n) is 7.62. The molecule has 0 fully saturated rings. The Morgan fingerprint density at radius 2 is 1.33 bits per heavy atom. The SMILES string of the molecule is CCCCCCCc1ccc2c(c1)sc1c2sc2c3ccc(C)cc3sc21. The molecule has 0 atom stereocenters. The molecule has 0 unspecified atom stereocenters. The average molecular weight is 409 g/mol. The first kappa shape index (κ1) is 17.7. The minimum absolute atomic E-state index is 1.22. The van der Waals surface area contributed by atoms with Crippen LogP contribution in [0.15, 0.2) is 36.4 Å². The zero-order valence-electron chi connectivity index (χ0n) is 15.9. The maximum absolute atomic E-state index is 2.45. The van der Waals surface area contributed by atoms with Crippen LogP contribution in [0.2, 0.25) is 0 Å². The van der Waals surface area contributed by atoms with Gasteiger partial charge in [-0.2, -0.15) is 0 Å². The lowest BCUT2D eigenvalue weighted by Crippen LogP contribution is -1.85. The van der Waals surface area contributed by atoms with E-state index in [4.69, 9.17) is 0 Å². The van der Waals surface area contributed by atoms with Gasteiger partial charge >= 0.3 is 0 Å². The Morgan fingerprint density at radius 1 is 0.667 bits per heavy atom. The summed E-state index contributed by atoms with van der Waals surface area (Å²) in [6, 6.07) is 14.1. The number of rotatable bonds is 6. The Bertz CT molecular complexity index is 1250. The van der Waals surface area contributed by atoms with E-state index in [9.17, 15) is 0 Å². The lowest BCUT2D eigenvalue weighted by molar-refractivity contribution is 0.632. The lowest BCUT2D eigenvalue weighted by atomic mass is 10.0. The summed E-state index contributed by atoms with van der Waals surface area (Å²) in [5, 5.41) is 2.89. The van der Waals surface area contributed by atoms with Gasteiger partial charge < -0.3 is 0 Å². The van der Waals surface area contributed by atoms with Gasteiger partial charge in [-0.15, -0.1) is 34.0 Å². The van der Waals surface area contributed by atoms with Crippen LogP contribution in [0.1, 0.15) is 50.2 Å². The van der Waals surface area contributed by atoms with Crippen LogP contribution in [-0.4, -0.2) is 0 Å². The van der Waals surface area contributed by atoms with Gasteiger partial charge in [0.2, 0.25) is 0 Å². The fourth-order valence-electron chi connectivity index (χ4n) is 3.99. The second kappa shape index (κ2) is 7.20. The second-order valence-corrected chi connectivity index (χ2v) is 10.7. The number of hydrogen-bond donors (Lipinski definition) is 0. The molecule has 0 aliphatic rings. The molecule has 0 radical (unpaired) electrons. The molecule has 0 saturated carbocycles. The molecule has 0 N–H and O–H groups in total. The van der Waals surface area contributed by atoms with Gasteiger partial charge in [0.15, 0.2) is 0 Å². The average Bonchev–Trinajstić information content (AvgIpc) is 3.29. The minimum Gasteiger partial charge on any atom is -0.133 e. The molecule has 3 heteroatoms. The Balaban J connectivity index is 1.52. The normalized spacial score (nSPS) is 12.2. The van der Waals surface area contributed by atoms with E-state index < -0.39 is 0 Å². The van der Waals surface area contributed by atoms with Crippen molar-refractivity contribution in [1.29, 1.82) is 0 Å². The molecule has 0 saturated heterocycles. The van der Waals surface area contributed by atoms with Crippen molar-refractivity contribution in [3.8, 4) is 0 Å². The molecule has 0 bridgehead atoms. The quantitative estimate of drug-likeness (QED) is 0.245. The first-order valence-corrected chi connectivity index (χ1v) is 12.5. The highest BCUT2D eigenvalue weighted by atomic mass is 32.1. The van der Waals surface area contributed by atoms with Crippen LogP contribution in [0.5, 0.6) is 0 Å². The minimum atomic E-state index is 1.22. The largest absolute Gasteiger partial charge is 0.133 e. The van der Waals surface area contributed by atoms with Crippen LogP contribution in [0, 0.1) is 6.92 Å². The predicted molar refractivity (Wildman–Crippen MR) is 127 cm³/mol. The molecule has 0 aliphatic heterocycles. The highest BCUT2D eigenvalue weighted by molar-refractivity contribution is 7.43. The first-order chi connectivity index (χ1) is 13.2. The Morgan fingerprint density at radius 3 is 2.07 bits per heavy atom. The van der Waals surface area contributed by atoms with Crippen molar-refractivity contribution in [3.63, 3.8) is 0 Å². The molecule has 138 valence electrons. The zero-order valence-corrected chi connectivity index (χ0v) is 18.4. The van der Waals surface area contributed by atoms with Crippen molar-refractivity contribution in [2.24, 2.45) is 0 Å². The molecule has 0 aliphatic carbocycles. The lowest BCUT2D eigenvalue weighted by Gasteiger charge is -2.02. The summed E-state index contributed by atoms with van der Waals surface area (Å²) in [5.74, 6) is 0. The van der Waals surface area contributed by atoms with Gasteiger partial charge in [-0.25, -0.2) is 0 Å². The van der Waals surface area contributed by atoms with E-state index in [0.29, 0.717) is 0 Å². The summed E-state index contributed by atoms with van der Waals surface area (Å²) in [6.45, 7) is 4.47. The molecular formula is C24H24S3. The van der Waals surface area contributed by atoms with Crippen LogP contribution in [0.3, 0.4) is 0 Å². The topological polar surface area (TPSA) is 0 Å². The summed E-state index contributed by atoms with van der Waals surface area (Å²) >= 11 is 5.97. The van der Waals surface area contributed by atoms with E-state index in [1.807, 2.05) is 34.0 Å². The first-order valence-electron chi connectivity index (χ1n) is 10.0. The third kappa shape index (κ3) is 3.10. The monoisotopic (exact) mass is 408 g/mol. The maximum Gasteiger partial charge on any atom is 0.0642 e.